The summed E-state index contributed by atoms with van der Waals surface area (Å²) in [7, 11) is -2.10. The first-order valence-corrected chi connectivity index (χ1v) is 8.70. The lowest BCUT2D eigenvalue weighted by Crippen LogP contribution is -2.12. The highest BCUT2D eigenvalue weighted by molar-refractivity contribution is 9.10. The zero-order valence-corrected chi connectivity index (χ0v) is 13.8. The van der Waals surface area contributed by atoms with Crippen LogP contribution in [0, 0.1) is 0 Å². The molecule has 0 spiro atoms. The van der Waals surface area contributed by atoms with Gasteiger partial charge in [-0.1, -0.05) is 0 Å². The van der Waals surface area contributed by atoms with Crippen LogP contribution in [0.25, 0.3) is 0 Å². The molecule has 2 rings (SSSR count). The van der Waals surface area contributed by atoms with Crippen molar-refractivity contribution >= 4 is 43.0 Å². The highest BCUT2D eigenvalue weighted by atomic mass is 79.9. The van der Waals surface area contributed by atoms with E-state index in [4.69, 9.17) is 10.5 Å². The van der Waals surface area contributed by atoms with Crippen LogP contribution in [0.5, 0.6) is 5.75 Å². The van der Waals surface area contributed by atoms with Crippen molar-refractivity contribution in [3.8, 4) is 5.75 Å². The molecule has 0 unspecified atom stereocenters. The van der Waals surface area contributed by atoms with Crippen molar-refractivity contribution in [3.63, 3.8) is 0 Å². The van der Waals surface area contributed by atoms with Crippen molar-refractivity contribution in [2.24, 2.45) is 5.73 Å². The lowest BCUT2D eigenvalue weighted by molar-refractivity contribution is 0.415. The van der Waals surface area contributed by atoms with Crippen molar-refractivity contribution < 1.29 is 13.2 Å². The van der Waals surface area contributed by atoms with Crippen molar-refractivity contribution in [3.05, 3.63) is 39.7 Å². The van der Waals surface area contributed by atoms with Crippen LogP contribution in [0.2, 0.25) is 0 Å². The summed E-state index contributed by atoms with van der Waals surface area (Å²) in [5, 5.41) is 0. The van der Waals surface area contributed by atoms with E-state index in [1.807, 2.05) is 0 Å². The van der Waals surface area contributed by atoms with Gasteiger partial charge in [0.25, 0.3) is 10.0 Å². The third kappa shape index (κ3) is 3.32. The van der Waals surface area contributed by atoms with Gasteiger partial charge in [-0.2, -0.15) is 0 Å². The number of nitrogens with two attached hydrogens (primary N) is 1. The number of hydrogen-bond acceptors (Lipinski definition) is 5. The van der Waals surface area contributed by atoms with Crippen LogP contribution in [0.4, 0.5) is 5.69 Å². The number of benzene rings is 1. The minimum atomic E-state index is -3.62. The number of nitrogens with one attached hydrogen (secondary N) is 1. The molecule has 5 nitrogen and oxygen atoms in total. The van der Waals surface area contributed by atoms with Gasteiger partial charge in [0.05, 0.1) is 12.8 Å². The van der Waals surface area contributed by atoms with Crippen LogP contribution < -0.4 is 15.2 Å². The zero-order valence-electron chi connectivity index (χ0n) is 10.6. The second kappa shape index (κ2) is 6.13. The van der Waals surface area contributed by atoms with E-state index in [0.29, 0.717) is 22.5 Å². The number of hydrogen-bond donors (Lipinski definition) is 2. The first-order valence-electron chi connectivity index (χ1n) is 5.61. The Labute approximate surface area is 129 Å². The van der Waals surface area contributed by atoms with Crippen molar-refractivity contribution in [2.45, 2.75) is 10.8 Å². The van der Waals surface area contributed by atoms with E-state index >= 15 is 0 Å². The molecule has 0 bridgehead atoms. The molecule has 20 heavy (non-hydrogen) atoms. The Morgan fingerprint density at radius 3 is 2.70 bits per heavy atom. The lowest BCUT2D eigenvalue weighted by atomic mass is 10.3. The molecule has 0 aliphatic carbocycles. The van der Waals surface area contributed by atoms with Crippen molar-refractivity contribution in [1.29, 1.82) is 0 Å². The molecule has 0 saturated heterocycles. The molecule has 0 atom stereocenters. The summed E-state index contributed by atoms with van der Waals surface area (Å²) in [4.78, 5) is 0.815. The van der Waals surface area contributed by atoms with E-state index in [2.05, 4.69) is 20.7 Å². The smallest absolute Gasteiger partial charge is 0.271 e. The third-order valence-corrected chi connectivity index (χ3v) is 6.18. The number of sulfonamides is 1. The van der Waals surface area contributed by atoms with E-state index in [-0.39, 0.29) is 4.21 Å². The molecule has 2 aromatic rings. The first-order chi connectivity index (χ1) is 9.46. The van der Waals surface area contributed by atoms with Gasteiger partial charge in [0.15, 0.2) is 0 Å². The maximum Gasteiger partial charge on any atom is 0.271 e. The van der Waals surface area contributed by atoms with Crippen LogP contribution in [0.15, 0.2) is 39.0 Å². The largest absolute Gasteiger partial charge is 0.497 e. The standard InChI is InChI=1S/C12H13BrN2O3S2/c1-18-8-2-4-10(13)11(6-8)15-20(16,17)12-5-3-9(7-14)19-12/h2-6,15H,7,14H2,1H3. The maximum atomic E-state index is 12.3. The second-order valence-electron chi connectivity index (χ2n) is 3.88. The topological polar surface area (TPSA) is 81.4 Å². The molecule has 0 amide bonds. The average Bonchev–Trinajstić information content (AvgIpc) is 2.91. The molecule has 0 aliphatic rings. The first kappa shape index (κ1) is 15.3. The van der Waals surface area contributed by atoms with E-state index in [1.54, 1.807) is 30.3 Å². The number of methoxy groups -OCH3 is 1. The van der Waals surface area contributed by atoms with Crippen LogP contribution in [0.1, 0.15) is 4.88 Å². The molecule has 1 aromatic heterocycles. The average molecular weight is 377 g/mol. The summed E-state index contributed by atoms with van der Waals surface area (Å²) >= 11 is 4.46. The molecule has 0 saturated carbocycles. The van der Waals surface area contributed by atoms with Gasteiger partial charge in [0.1, 0.15) is 9.96 Å². The summed E-state index contributed by atoms with van der Waals surface area (Å²) in [5.74, 6) is 0.569. The van der Waals surface area contributed by atoms with E-state index in [0.717, 1.165) is 16.2 Å². The predicted molar refractivity (Wildman–Crippen MR) is 83.7 cm³/mol. The Kier molecular flexibility index (Phi) is 4.69. The number of ether oxygens (including phenoxy) is 1. The molecule has 8 heteroatoms. The van der Waals surface area contributed by atoms with E-state index in [9.17, 15) is 8.42 Å². The molecule has 0 aliphatic heterocycles. The van der Waals surface area contributed by atoms with Crippen LogP contribution in [0.3, 0.4) is 0 Å². The zero-order chi connectivity index (χ0) is 14.8. The third-order valence-electron chi connectivity index (χ3n) is 2.52. The molecule has 0 fully saturated rings. The van der Waals surface area contributed by atoms with Crippen LogP contribution in [-0.4, -0.2) is 15.5 Å². The van der Waals surface area contributed by atoms with Gasteiger partial charge in [0.2, 0.25) is 0 Å². The molecule has 1 aromatic carbocycles. The van der Waals surface area contributed by atoms with E-state index in [1.165, 1.54) is 7.11 Å². The van der Waals surface area contributed by atoms with Gasteiger partial charge in [-0.3, -0.25) is 4.72 Å². The lowest BCUT2D eigenvalue weighted by Gasteiger charge is -2.10. The van der Waals surface area contributed by atoms with E-state index < -0.39 is 10.0 Å². The minimum absolute atomic E-state index is 0.229. The number of anilines is 1. The van der Waals surface area contributed by atoms with Crippen LogP contribution >= 0.6 is 27.3 Å². The highest BCUT2D eigenvalue weighted by Crippen LogP contribution is 2.30. The number of thiophene rings is 1. The molecule has 0 radical (unpaired) electrons. The fraction of sp³-hybridized carbons (Fsp3) is 0.167. The van der Waals surface area contributed by atoms with Gasteiger partial charge >= 0.3 is 0 Å². The molecule has 1 heterocycles. The Hall–Kier alpha value is -1.09. The van der Waals surface area contributed by atoms with Gasteiger partial charge < -0.3 is 10.5 Å². The summed E-state index contributed by atoms with van der Waals surface area (Å²) in [5.41, 5.74) is 5.92. The fourth-order valence-corrected chi connectivity index (χ4v) is 4.30. The summed E-state index contributed by atoms with van der Waals surface area (Å²) < 4.78 is 33.0. The SMILES string of the molecule is COc1ccc(Br)c(NS(=O)(=O)c2ccc(CN)s2)c1. The quantitative estimate of drug-likeness (QED) is 0.840. The van der Waals surface area contributed by atoms with Gasteiger partial charge in [-0.25, -0.2) is 8.42 Å². The van der Waals surface area contributed by atoms with Crippen molar-refractivity contribution in [2.75, 3.05) is 11.8 Å². The molecular formula is C12H13BrN2O3S2. The fourth-order valence-electron chi connectivity index (χ4n) is 1.52. The maximum absolute atomic E-state index is 12.3. The predicted octanol–water partition coefficient (Wildman–Crippen LogP) is 2.78. The van der Waals surface area contributed by atoms with Crippen molar-refractivity contribution in [1.82, 2.24) is 0 Å². The monoisotopic (exact) mass is 376 g/mol. The summed E-state index contributed by atoms with van der Waals surface area (Å²) in [6, 6.07) is 8.32. The minimum Gasteiger partial charge on any atom is -0.497 e. The number of halogens is 1. The second-order valence-corrected chi connectivity index (χ2v) is 7.81. The normalized spacial score (nSPS) is 11.3. The Morgan fingerprint density at radius 2 is 2.10 bits per heavy atom. The molecule has 3 N–H and O–H groups in total. The van der Waals surface area contributed by atoms with Gasteiger partial charge in [-0.05, 0) is 40.2 Å². The Bertz CT molecular complexity index is 713. The summed E-state index contributed by atoms with van der Waals surface area (Å²) in [6.45, 7) is 0.322. The Balaban J connectivity index is 2.32. The summed E-state index contributed by atoms with van der Waals surface area (Å²) in [6.07, 6.45) is 0. The number of rotatable bonds is 5. The highest BCUT2D eigenvalue weighted by Gasteiger charge is 2.18. The van der Waals surface area contributed by atoms with Crippen LogP contribution in [-0.2, 0) is 16.6 Å². The molecule has 108 valence electrons. The van der Waals surface area contributed by atoms with Gasteiger partial charge in [0, 0.05) is 22.0 Å². The van der Waals surface area contributed by atoms with Gasteiger partial charge in [-0.15, -0.1) is 11.3 Å². The Morgan fingerprint density at radius 1 is 1.35 bits per heavy atom. The molecular weight excluding hydrogens is 364 g/mol.